The Labute approximate surface area is 147 Å². The fourth-order valence-electron chi connectivity index (χ4n) is 3.01. The molecule has 1 aromatic heterocycles. The van der Waals surface area contributed by atoms with E-state index in [1.54, 1.807) is 11.0 Å². The maximum atomic E-state index is 12.4. The van der Waals surface area contributed by atoms with E-state index in [2.05, 4.69) is 11.9 Å². The first-order chi connectivity index (χ1) is 12.2. The summed E-state index contributed by atoms with van der Waals surface area (Å²) in [6.07, 6.45) is 2.68. The van der Waals surface area contributed by atoms with E-state index in [1.165, 1.54) is 0 Å². The van der Waals surface area contributed by atoms with Crippen LogP contribution < -0.4 is 5.32 Å². The molecule has 0 radical (unpaired) electrons. The van der Waals surface area contributed by atoms with Gasteiger partial charge in [-0.2, -0.15) is 0 Å². The molecule has 1 aromatic carbocycles. The number of carbonyl (C=O) groups excluding carboxylic acids is 2. The molecular weight excluding hydrogens is 316 g/mol. The summed E-state index contributed by atoms with van der Waals surface area (Å²) < 4.78 is 5.79. The molecule has 1 N–H and O–H groups in total. The highest BCUT2D eigenvalue weighted by molar-refractivity contribution is 5.83. The lowest BCUT2D eigenvalue weighted by Gasteiger charge is -2.31. The highest BCUT2D eigenvalue weighted by Crippen LogP contribution is 2.22. The van der Waals surface area contributed by atoms with Gasteiger partial charge in [-0.05, 0) is 18.6 Å². The van der Waals surface area contributed by atoms with Gasteiger partial charge in [0.25, 0.3) is 0 Å². The highest BCUT2D eigenvalue weighted by atomic mass is 16.3. The van der Waals surface area contributed by atoms with Crippen molar-refractivity contribution < 1.29 is 14.0 Å². The van der Waals surface area contributed by atoms with Gasteiger partial charge >= 0.3 is 0 Å². The molecule has 1 aliphatic rings. The molecule has 0 unspecified atom stereocenters. The Balaban J connectivity index is 1.55. The summed E-state index contributed by atoms with van der Waals surface area (Å²) in [6, 6.07) is 13.6. The lowest BCUT2D eigenvalue weighted by molar-refractivity contribution is -0.137. The van der Waals surface area contributed by atoms with Crippen LogP contribution in [0.25, 0.3) is 11.3 Å². The van der Waals surface area contributed by atoms with E-state index in [1.807, 2.05) is 42.5 Å². The van der Waals surface area contributed by atoms with Gasteiger partial charge in [0.05, 0.1) is 12.5 Å². The van der Waals surface area contributed by atoms with Crippen molar-refractivity contribution in [1.29, 1.82) is 0 Å². The molecule has 0 spiro atoms. The van der Waals surface area contributed by atoms with Gasteiger partial charge in [0.1, 0.15) is 11.5 Å². The Morgan fingerprint density at radius 2 is 2.08 bits per heavy atom. The summed E-state index contributed by atoms with van der Waals surface area (Å²) in [4.78, 5) is 25.9. The van der Waals surface area contributed by atoms with Gasteiger partial charge in [-0.1, -0.05) is 36.4 Å². The summed E-state index contributed by atoms with van der Waals surface area (Å²) in [5, 5.41) is 2.91. The molecule has 2 heterocycles. The van der Waals surface area contributed by atoms with Crippen molar-refractivity contribution in [2.45, 2.75) is 19.4 Å². The van der Waals surface area contributed by atoms with Gasteiger partial charge in [-0.25, -0.2) is 0 Å². The Morgan fingerprint density at radius 1 is 1.28 bits per heavy atom. The van der Waals surface area contributed by atoms with Crippen LogP contribution in [0.1, 0.15) is 18.6 Å². The number of piperidine rings is 1. The number of nitrogens with zero attached hydrogens (tertiary/aromatic N) is 1. The molecule has 5 heteroatoms. The Hall–Kier alpha value is -2.82. The third kappa shape index (κ3) is 4.18. The second kappa shape index (κ2) is 7.83. The molecule has 130 valence electrons. The van der Waals surface area contributed by atoms with Gasteiger partial charge in [0, 0.05) is 25.1 Å². The molecule has 5 nitrogen and oxygen atoms in total. The quantitative estimate of drug-likeness (QED) is 0.824. The van der Waals surface area contributed by atoms with E-state index in [-0.39, 0.29) is 17.7 Å². The van der Waals surface area contributed by atoms with Gasteiger partial charge in [0.15, 0.2) is 0 Å². The molecule has 25 heavy (non-hydrogen) atoms. The molecule has 2 aromatic rings. The lowest BCUT2D eigenvalue weighted by atomic mass is 9.96. The van der Waals surface area contributed by atoms with Gasteiger partial charge < -0.3 is 14.6 Å². The van der Waals surface area contributed by atoms with Crippen molar-refractivity contribution in [2.24, 2.45) is 5.92 Å². The van der Waals surface area contributed by atoms with Crippen LogP contribution in [-0.2, 0) is 16.1 Å². The van der Waals surface area contributed by atoms with Crippen molar-refractivity contribution in [3.8, 4) is 11.3 Å². The number of benzene rings is 1. The molecule has 1 aliphatic heterocycles. The molecule has 0 saturated carbocycles. The number of rotatable bonds is 6. The molecule has 2 amide bonds. The standard InChI is InChI=1S/C20H22N2O3/c1-2-12-22-14-16(8-11-19(22)23)20(24)21-13-17-9-10-18(25-17)15-6-4-3-5-7-15/h2-7,9-10,16H,1,8,11-14H2,(H,21,24)/t16-/m1/s1. The molecular formula is C20H22N2O3. The van der Waals surface area contributed by atoms with Crippen LogP contribution in [0.3, 0.4) is 0 Å². The summed E-state index contributed by atoms with van der Waals surface area (Å²) in [6.45, 7) is 4.94. The van der Waals surface area contributed by atoms with E-state index >= 15 is 0 Å². The fourth-order valence-corrected chi connectivity index (χ4v) is 3.01. The Morgan fingerprint density at radius 3 is 2.84 bits per heavy atom. The van der Waals surface area contributed by atoms with Gasteiger partial charge in [-0.15, -0.1) is 6.58 Å². The predicted octanol–water partition coefficient (Wildman–Crippen LogP) is 2.99. The van der Waals surface area contributed by atoms with Crippen molar-refractivity contribution in [2.75, 3.05) is 13.1 Å². The normalized spacial score (nSPS) is 17.4. The van der Waals surface area contributed by atoms with Gasteiger partial charge in [0.2, 0.25) is 11.8 Å². The first-order valence-electron chi connectivity index (χ1n) is 8.48. The Bertz CT molecular complexity index is 751. The smallest absolute Gasteiger partial charge is 0.225 e. The highest BCUT2D eigenvalue weighted by Gasteiger charge is 2.29. The minimum atomic E-state index is -0.179. The Kier molecular flexibility index (Phi) is 5.33. The summed E-state index contributed by atoms with van der Waals surface area (Å²) in [7, 11) is 0. The summed E-state index contributed by atoms with van der Waals surface area (Å²) >= 11 is 0. The average Bonchev–Trinajstić information content (AvgIpc) is 3.11. The van der Waals surface area contributed by atoms with Crippen LogP contribution in [0.15, 0.2) is 59.5 Å². The first-order valence-corrected chi connectivity index (χ1v) is 8.48. The van der Waals surface area contributed by atoms with Crippen LogP contribution in [0.2, 0.25) is 0 Å². The van der Waals surface area contributed by atoms with Crippen molar-refractivity contribution >= 4 is 11.8 Å². The largest absolute Gasteiger partial charge is 0.459 e. The van der Waals surface area contributed by atoms with E-state index in [4.69, 9.17) is 4.42 Å². The zero-order chi connectivity index (χ0) is 17.6. The molecule has 1 atom stereocenters. The van der Waals surface area contributed by atoms with Crippen molar-refractivity contribution in [3.05, 3.63) is 60.9 Å². The van der Waals surface area contributed by atoms with E-state index in [9.17, 15) is 9.59 Å². The number of furan rings is 1. The maximum absolute atomic E-state index is 12.4. The zero-order valence-electron chi connectivity index (χ0n) is 14.1. The molecule has 0 aliphatic carbocycles. The topological polar surface area (TPSA) is 62.6 Å². The van der Waals surface area contributed by atoms with Crippen LogP contribution >= 0.6 is 0 Å². The third-order valence-corrected chi connectivity index (χ3v) is 4.38. The third-order valence-electron chi connectivity index (χ3n) is 4.38. The molecule has 1 fully saturated rings. The van der Waals surface area contributed by atoms with E-state index < -0.39 is 0 Å². The second-order valence-corrected chi connectivity index (χ2v) is 6.17. The van der Waals surface area contributed by atoms with Crippen LogP contribution in [-0.4, -0.2) is 29.8 Å². The predicted molar refractivity (Wildman–Crippen MR) is 95.5 cm³/mol. The minimum absolute atomic E-state index is 0.0424. The number of hydrogen-bond donors (Lipinski definition) is 1. The summed E-state index contributed by atoms with van der Waals surface area (Å²) in [5.41, 5.74) is 1.01. The number of carbonyl (C=O) groups is 2. The monoisotopic (exact) mass is 338 g/mol. The minimum Gasteiger partial charge on any atom is -0.459 e. The number of hydrogen-bond acceptors (Lipinski definition) is 3. The first kappa shape index (κ1) is 17.0. The fraction of sp³-hybridized carbons (Fsp3) is 0.300. The lowest BCUT2D eigenvalue weighted by Crippen LogP contribution is -2.45. The summed E-state index contributed by atoms with van der Waals surface area (Å²) in [5.74, 6) is 1.36. The van der Waals surface area contributed by atoms with Crippen LogP contribution in [0.4, 0.5) is 0 Å². The number of likely N-dealkylation sites (tertiary alicyclic amines) is 1. The second-order valence-electron chi connectivity index (χ2n) is 6.17. The van der Waals surface area contributed by atoms with Crippen molar-refractivity contribution in [3.63, 3.8) is 0 Å². The number of amides is 2. The van der Waals surface area contributed by atoms with Crippen LogP contribution in [0, 0.1) is 5.92 Å². The number of nitrogens with one attached hydrogen (secondary N) is 1. The SMILES string of the molecule is C=CCN1C[C@H](C(=O)NCc2ccc(-c3ccccc3)o2)CCC1=O. The van der Waals surface area contributed by atoms with Gasteiger partial charge in [-0.3, -0.25) is 9.59 Å². The zero-order valence-corrected chi connectivity index (χ0v) is 14.1. The average molecular weight is 338 g/mol. The maximum Gasteiger partial charge on any atom is 0.225 e. The molecule has 1 saturated heterocycles. The van der Waals surface area contributed by atoms with Crippen molar-refractivity contribution in [1.82, 2.24) is 10.2 Å². The van der Waals surface area contributed by atoms with E-state index in [0.29, 0.717) is 38.2 Å². The molecule has 0 bridgehead atoms. The van der Waals surface area contributed by atoms with Crippen LogP contribution in [0.5, 0.6) is 0 Å². The molecule has 3 rings (SSSR count). The van der Waals surface area contributed by atoms with E-state index in [0.717, 1.165) is 11.3 Å².